The molecule has 0 aromatic heterocycles. The second-order valence-corrected chi connectivity index (χ2v) is 6.10. The van der Waals surface area contributed by atoms with Gasteiger partial charge in [0.05, 0.1) is 10.6 Å². The number of ketones is 1. The van der Waals surface area contributed by atoms with E-state index in [4.69, 9.17) is 23.2 Å². The Kier molecular flexibility index (Phi) is 6.56. The third-order valence-corrected chi connectivity index (χ3v) is 4.05. The lowest BCUT2D eigenvalue weighted by Crippen LogP contribution is -2.19. The number of hydrogen-bond donors (Lipinski definition) is 2. The Morgan fingerprint density at radius 1 is 0.960 bits per heavy atom. The van der Waals surface area contributed by atoms with Gasteiger partial charge in [-0.2, -0.15) is 0 Å². The normalized spacial score (nSPS) is 10.2. The molecule has 2 aromatic carbocycles. The van der Waals surface area contributed by atoms with Gasteiger partial charge in [-0.05, 0) is 42.5 Å². The molecule has 5 nitrogen and oxygen atoms in total. The molecular formula is C18H16Cl2N2O3. The lowest BCUT2D eigenvalue weighted by Gasteiger charge is -2.08. The van der Waals surface area contributed by atoms with E-state index in [-0.39, 0.29) is 41.0 Å². The van der Waals surface area contributed by atoms with E-state index in [2.05, 4.69) is 10.6 Å². The van der Waals surface area contributed by atoms with Gasteiger partial charge >= 0.3 is 0 Å². The Labute approximate surface area is 155 Å². The number of carbonyl (C=O) groups is 3. The van der Waals surface area contributed by atoms with Crippen molar-refractivity contribution in [1.82, 2.24) is 5.32 Å². The van der Waals surface area contributed by atoms with Crippen LogP contribution in [0.15, 0.2) is 42.5 Å². The maximum atomic E-state index is 12.0. The first-order valence-corrected chi connectivity index (χ1v) is 8.26. The van der Waals surface area contributed by atoms with E-state index in [1.165, 1.54) is 19.2 Å². The molecule has 2 aromatic rings. The topological polar surface area (TPSA) is 75.3 Å². The average molecular weight is 379 g/mol. The molecule has 0 fully saturated rings. The van der Waals surface area contributed by atoms with Gasteiger partial charge in [-0.1, -0.05) is 23.2 Å². The Morgan fingerprint density at radius 3 is 2.28 bits per heavy atom. The number of halogens is 2. The Bertz CT molecular complexity index is 804. The van der Waals surface area contributed by atoms with Gasteiger partial charge in [-0.15, -0.1) is 0 Å². The zero-order valence-corrected chi connectivity index (χ0v) is 14.9. The highest BCUT2D eigenvalue weighted by molar-refractivity contribution is 6.34. The number of carbonyl (C=O) groups excluding carboxylic acids is 3. The van der Waals surface area contributed by atoms with E-state index in [1.807, 2.05) is 0 Å². The first-order chi connectivity index (χ1) is 11.9. The minimum absolute atomic E-state index is 0.0272. The van der Waals surface area contributed by atoms with Gasteiger partial charge in [0.2, 0.25) is 5.91 Å². The van der Waals surface area contributed by atoms with Gasteiger partial charge in [0.15, 0.2) is 5.78 Å². The minimum atomic E-state index is -0.348. The molecule has 0 aliphatic carbocycles. The minimum Gasteiger partial charge on any atom is -0.355 e. The summed E-state index contributed by atoms with van der Waals surface area (Å²) in [5.74, 6) is -0.819. The van der Waals surface area contributed by atoms with Crippen molar-refractivity contribution in [2.24, 2.45) is 0 Å². The van der Waals surface area contributed by atoms with E-state index in [1.54, 1.807) is 30.3 Å². The monoisotopic (exact) mass is 378 g/mol. The molecule has 0 aliphatic rings. The predicted octanol–water partition coefficient (Wildman–Crippen LogP) is 3.95. The number of hydrogen-bond acceptors (Lipinski definition) is 3. The molecule has 0 aliphatic heterocycles. The second-order valence-electron chi connectivity index (χ2n) is 5.25. The number of anilines is 1. The van der Waals surface area contributed by atoms with Crippen LogP contribution in [0.2, 0.25) is 10.0 Å². The molecular weight excluding hydrogens is 363 g/mol. The molecule has 130 valence electrons. The molecule has 2 rings (SSSR count). The van der Waals surface area contributed by atoms with Gasteiger partial charge in [-0.25, -0.2) is 0 Å². The van der Waals surface area contributed by atoms with Crippen molar-refractivity contribution in [3.8, 4) is 0 Å². The zero-order valence-electron chi connectivity index (χ0n) is 13.4. The van der Waals surface area contributed by atoms with Gasteiger partial charge in [-0.3, -0.25) is 14.4 Å². The lowest BCUT2D eigenvalue weighted by atomic mass is 10.1. The molecule has 25 heavy (non-hydrogen) atoms. The largest absolute Gasteiger partial charge is 0.355 e. The highest BCUT2D eigenvalue weighted by Crippen LogP contribution is 2.21. The molecule has 7 heteroatoms. The van der Waals surface area contributed by atoms with E-state index >= 15 is 0 Å². The van der Waals surface area contributed by atoms with Crippen LogP contribution in [0.25, 0.3) is 0 Å². The van der Waals surface area contributed by atoms with Crippen LogP contribution in [0, 0.1) is 0 Å². The summed E-state index contributed by atoms with van der Waals surface area (Å²) in [6.45, 7) is 0. The predicted molar refractivity (Wildman–Crippen MR) is 98.5 cm³/mol. The summed E-state index contributed by atoms with van der Waals surface area (Å²) in [6.07, 6.45) is 0.1000. The van der Waals surface area contributed by atoms with E-state index in [0.29, 0.717) is 16.3 Å². The highest BCUT2D eigenvalue weighted by Gasteiger charge is 2.12. The van der Waals surface area contributed by atoms with Gasteiger partial charge in [0, 0.05) is 36.2 Å². The third-order valence-electron chi connectivity index (χ3n) is 3.47. The summed E-state index contributed by atoms with van der Waals surface area (Å²) < 4.78 is 0. The van der Waals surface area contributed by atoms with Crippen LogP contribution < -0.4 is 10.6 Å². The molecule has 0 bridgehead atoms. The maximum Gasteiger partial charge on any atom is 0.252 e. The van der Waals surface area contributed by atoms with Crippen LogP contribution in [-0.2, 0) is 4.79 Å². The number of rotatable bonds is 6. The summed E-state index contributed by atoms with van der Waals surface area (Å²) in [7, 11) is 1.49. The van der Waals surface area contributed by atoms with E-state index in [9.17, 15) is 14.4 Å². The van der Waals surface area contributed by atoms with Crippen LogP contribution >= 0.6 is 23.2 Å². The molecule has 0 atom stereocenters. The van der Waals surface area contributed by atoms with Crippen molar-refractivity contribution in [2.75, 3.05) is 12.4 Å². The molecule has 0 unspecified atom stereocenters. The van der Waals surface area contributed by atoms with Crippen molar-refractivity contribution in [3.63, 3.8) is 0 Å². The number of benzene rings is 2. The zero-order chi connectivity index (χ0) is 18.4. The number of nitrogens with one attached hydrogen (secondary N) is 2. The van der Waals surface area contributed by atoms with E-state index in [0.717, 1.165) is 0 Å². The second kappa shape index (κ2) is 8.65. The summed E-state index contributed by atoms with van der Waals surface area (Å²) in [4.78, 5) is 35.8. The number of Topliss-reactive ketones (excluding diaryl/α,β-unsaturated/α-hetero) is 1. The van der Waals surface area contributed by atoms with Gasteiger partial charge in [0.1, 0.15) is 0 Å². The van der Waals surface area contributed by atoms with Crippen LogP contribution in [0.3, 0.4) is 0 Å². The average Bonchev–Trinajstić information content (AvgIpc) is 2.61. The molecule has 0 spiro atoms. The lowest BCUT2D eigenvalue weighted by molar-refractivity contribution is -0.116. The van der Waals surface area contributed by atoms with Crippen molar-refractivity contribution in [2.45, 2.75) is 12.8 Å². The van der Waals surface area contributed by atoms with Crippen molar-refractivity contribution in [1.29, 1.82) is 0 Å². The summed E-state index contributed by atoms with van der Waals surface area (Å²) in [5.41, 5.74) is 1.21. The van der Waals surface area contributed by atoms with Gasteiger partial charge < -0.3 is 10.6 Å². The van der Waals surface area contributed by atoms with Crippen molar-refractivity contribution < 1.29 is 14.4 Å². The third kappa shape index (κ3) is 5.31. The Hall–Kier alpha value is -2.37. The molecule has 0 radical (unpaired) electrons. The fourth-order valence-corrected chi connectivity index (χ4v) is 2.47. The maximum absolute atomic E-state index is 12.0. The molecule has 0 saturated carbocycles. The SMILES string of the molecule is CNC(=O)c1cc(NC(=O)CCC(=O)c2ccc(Cl)cc2)ccc1Cl. The number of amides is 2. The van der Waals surface area contributed by atoms with Crippen LogP contribution in [-0.4, -0.2) is 24.6 Å². The molecule has 0 saturated heterocycles. The smallest absolute Gasteiger partial charge is 0.252 e. The van der Waals surface area contributed by atoms with Crippen molar-refractivity contribution in [3.05, 3.63) is 63.6 Å². The summed E-state index contributed by atoms with van der Waals surface area (Å²) in [5, 5.41) is 5.96. The Morgan fingerprint density at radius 2 is 1.64 bits per heavy atom. The first-order valence-electron chi connectivity index (χ1n) is 7.51. The molecule has 2 amide bonds. The molecule has 0 heterocycles. The van der Waals surface area contributed by atoms with Crippen LogP contribution in [0.5, 0.6) is 0 Å². The summed E-state index contributed by atoms with van der Waals surface area (Å²) >= 11 is 11.7. The highest BCUT2D eigenvalue weighted by atomic mass is 35.5. The Balaban J connectivity index is 1.95. The first kappa shape index (κ1) is 19.0. The quantitative estimate of drug-likeness (QED) is 0.747. The fraction of sp³-hybridized carbons (Fsp3) is 0.167. The van der Waals surface area contributed by atoms with E-state index < -0.39 is 0 Å². The fourth-order valence-electron chi connectivity index (χ4n) is 2.14. The summed E-state index contributed by atoms with van der Waals surface area (Å²) in [6, 6.07) is 11.1. The van der Waals surface area contributed by atoms with Crippen molar-refractivity contribution >= 4 is 46.5 Å². The van der Waals surface area contributed by atoms with Gasteiger partial charge in [0.25, 0.3) is 5.91 Å². The van der Waals surface area contributed by atoms with Crippen LogP contribution in [0.1, 0.15) is 33.6 Å². The van der Waals surface area contributed by atoms with Crippen LogP contribution in [0.4, 0.5) is 5.69 Å². The molecule has 2 N–H and O–H groups in total. The standard InChI is InChI=1S/C18H16Cl2N2O3/c1-21-18(25)14-10-13(6-7-15(14)20)22-17(24)9-8-16(23)11-2-4-12(19)5-3-11/h2-7,10H,8-9H2,1H3,(H,21,25)(H,22,24).